The van der Waals surface area contributed by atoms with Crippen LogP contribution in [0.3, 0.4) is 0 Å². The van der Waals surface area contributed by atoms with Gasteiger partial charge in [0.1, 0.15) is 0 Å². The van der Waals surface area contributed by atoms with Crippen molar-refractivity contribution < 1.29 is 10.2 Å². The fraction of sp³-hybridized carbons (Fsp3) is 0.333. The Balaban J connectivity index is 2.01. The lowest BCUT2D eigenvalue weighted by molar-refractivity contribution is -0.431. The standard InChI is InChI=1S/C12H15N3OS/c1-2-17-12-15-14-11(16-12)10(13)8-9-6-4-3-5-7-9/h3-7,10H,2,8,13H2,1H3/p+1/t10-/m1/s1. The fourth-order valence-corrected chi connectivity index (χ4v) is 2.04. The molecule has 0 amide bonds. The summed E-state index contributed by atoms with van der Waals surface area (Å²) in [5.74, 6) is 1.55. The average Bonchev–Trinajstić information content (AvgIpc) is 2.79. The Bertz CT molecular complexity index is 458. The molecule has 4 nitrogen and oxygen atoms in total. The average molecular weight is 250 g/mol. The van der Waals surface area contributed by atoms with Gasteiger partial charge in [0.05, 0.1) is 0 Å². The third-order valence-corrected chi connectivity index (χ3v) is 3.06. The molecule has 1 atom stereocenters. The lowest BCUT2D eigenvalue weighted by Crippen LogP contribution is -2.54. The number of rotatable bonds is 5. The molecule has 3 N–H and O–H groups in total. The zero-order valence-corrected chi connectivity index (χ0v) is 10.6. The predicted molar refractivity (Wildman–Crippen MR) is 66.5 cm³/mol. The van der Waals surface area contributed by atoms with E-state index in [1.807, 2.05) is 18.2 Å². The molecule has 0 saturated heterocycles. The van der Waals surface area contributed by atoms with Crippen LogP contribution in [0, 0.1) is 0 Å². The van der Waals surface area contributed by atoms with Crippen LogP contribution in [0.15, 0.2) is 40.0 Å². The molecule has 0 radical (unpaired) electrons. The summed E-state index contributed by atoms with van der Waals surface area (Å²) in [5.41, 5.74) is 5.30. The van der Waals surface area contributed by atoms with Crippen LogP contribution in [0.5, 0.6) is 0 Å². The first-order valence-electron chi connectivity index (χ1n) is 5.62. The van der Waals surface area contributed by atoms with Gasteiger partial charge in [0, 0.05) is 6.42 Å². The summed E-state index contributed by atoms with van der Waals surface area (Å²) >= 11 is 1.55. The Labute approximate surface area is 105 Å². The SMILES string of the molecule is CCSc1nnc([C@H]([NH3+])Cc2ccccc2)o1. The number of thioether (sulfide) groups is 1. The van der Waals surface area contributed by atoms with Gasteiger partial charge >= 0.3 is 0 Å². The van der Waals surface area contributed by atoms with Crippen molar-refractivity contribution in [2.45, 2.75) is 24.6 Å². The molecule has 0 aliphatic heterocycles. The van der Waals surface area contributed by atoms with Crippen LogP contribution in [0.2, 0.25) is 0 Å². The predicted octanol–water partition coefficient (Wildman–Crippen LogP) is 1.71. The van der Waals surface area contributed by atoms with Gasteiger partial charge in [-0.3, -0.25) is 0 Å². The van der Waals surface area contributed by atoms with Crippen LogP contribution < -0.4 is 5.73 Å². The summed E-state index contributed by atoms with van der Waals surface area (Å²) in [6.45, 7) is 2.06. The minimum atomic E-state index is 0.0103. The highest BCUT2D eigenvalue weighted by Crippen LogP contribution is 2.19. The molecule has 1 aromatic carbocycles. The molecule has 0 saturated carbocycles. The van der Waals surface area contributed by atoms with Crippen molar-refractivity contribution in [1.82, 2.24) is 10.2 Å². The fourth-order valence-electron chi connectivity index (χ4n) is 1.55. The molecule has 5 heteroatoms. The first-order chi connectivity index (χ1) is 8.29. The zero-order valence-electron chi connectivity index (χ0n) is 9.80. The second-order valence-corrected chi connectivity index (χ2v) is 4.94. The van der Waals surface area contributed by atoms with E-state index in [1.165, 1.54) is 5.56 Å². The van der Waals surface area contributed by atoms with E-state index in [2.05, 4.69) is 35.0 Å². The van der Waals surface area contributed by atoms with Gasteiger partial charge in [-0.1, -0.05) is 49.0 Å². The van der Waals surface area contributed by atoms with Crippen molar-refractivity contribution in [3.8, 4) is 0 Å². The Morgan fingerprint density at radius 2 is 2.06 bits per heavy atom. The molecule has 17 heavy (non-hydrogen) atoms. The van der Waals surface area contributed by atoms with Gasteiger partial charge in [-0.15, -0.1) is 10.2 Å². The minimum Gasteiger partial charge on any atom is -0.410 e. The normalized spacial score (nSPS) is 12.6. The molecule has 1 aromatic heterocycles. The monoisotopic (exact) mass is 250 g/mol. The molecule has 0 bridgehead atoms. The first-order valence-corrected chi connectivity index (χ1v) is 6.61. The molecule has 0 aliphatic rings. The van der Waals surface area contributed by atoms with Gasteiger partial charge in [0.25, 0.3) is 11.1 Å². The Hall–Kier alpha value is -1.33. The number of hydrogen-bond donors (Lipinski definition) is 1. The topological polar surface area (TPSA) is 66.6 Å². The van der Waals surface area contributed by atoms with Crippen molar-refractivity contribution in [1.29, 1.82) is 0 Å². The van der Waals surface area contributed by atoms with E-state index in [4.69, 9.17) is 4.42 Å². The third-order valence-electron chi connectivity index (χ3n) is 2.36. The van der Waals surface area contributed by atoms with Gasteiger partial charge in [0.2, 0.25) is 0 Å². The highest BCUT2D eigenvalue weighted by molar-refractivity contribution is 7.99. The molecule has 0 fully saturated rings. The van der Waals surface area contributed by atoms with Crippen molar-refractivity contribution in [2.24, 2.45) is 0 Å². The Morgan fingerprint density at radius 1 is 1.29 bits per heavy atom. The number of hydrogen-bond acceptors (Lipinski definition) is 4. The molecular formula is C12H16N3OS+. The second-order valence-electron chi connectivity index (χ2n) is 3.73. The molecule has 0 spiro atoms. The van der Waals surface area contributed by atoms with Crippen LogP contribution in [0.25, 0.3) is 0 Å². The van der Waals surface area contributed by atoms with Gasteiger partial charge in [-0.05, 0) is 11.3 Å². The van der Waals surface area contributed by atoms with E-state index < -0.39 is 0 Å². The maximum atomic E-state index is 5.54. The highest BCUT2D eigenvalue weighted by Gasteiger charge is 2.18. The van der Waals surface area contributed by atoms with Crippen LogP contribution >= 0.6 is 11.8 Å². The number of quaternary nitrogens is 1. The largest absolute Gasteiger partial charge is 0.410 e. The third kappa shape index (κ3) is 3.31. The van der Waals surface area contributed by atoms with Crippen molar-refractivity contribution in [3.63, 3.8) is 0 Å². The molecule has 0 unspecified atom stereocenters. The van der Waals surface area contributed by atoms with E-state index >= 15 is 0 Å². The molecule has 2 rings (SSSR count). The van der Waals surface area contributed by atoms with Crippen LogP contribution in [0.1, 0.15) is 24.4 Å². The number of nitrogens with zero attached hydrogens (tertiary/aromatic N) is 2. The number of benzene rings is 1. The molecule has 1 heterocycles. The lowest BCUT2D eigenvalue weighted by Gasteiger charge is -2.03. The van der Waals surface area contributed by atoms with Crippen LogP contribution in [-0.2, 0) is 6.42 Å². The molecular weight excluding hydrogens is 234 g/mol. The molecule has 0 aliphatic carbocycles. The molecule has 90 valence electrons. The van der Waals surface area contributed by atoms with Crippen LogP contribution in [0.4, 0.5) is 0 Å². The van der Waals surface area contributed by atoms with Gasteiger partial charge in [0.15, 0.2) is 6.04 Å². The van der Waals surface area contributed by atoms with Crippen molar-refractivity contribution in [3.05, 3.63) is 41.8 Å². The van der Waals surface area contributed by atoms with E-state index in [-0.39, 0.29) is 6.04 Å². The summed E-state index contributed by atoms with van der Waals surface area (Å²) in [6.07, 6.45) is 0.819. The summed E-state index contributed by atoms with van der Waals surface area (Å²) in [4.78, 5) is 0. The zero-order chi connectivity index (χ0) is 12.1. The maximum absolute atomic E-state index is 5.54. The highest BCUT2D eigenvalue weighted by atomic mass is 32.2. The van der Waals surface area contributed by atoms with Crippen molar-refractivity contribution in [2.75, 3.05) is 5.75 Å². The molecule has 2 aromatic rings. The summed E-state index contributed by atoms with van der Waals surface area (Å²) in [5, 5.41) is 8.63. The van der Waals surface area contributed by atoms with Crippen molar-refractivity contribution >= 4 is 11.8 Å². The van der Waals surface area contributed by atoms with Gasteiger partial charge in [-0.2, -0.15) is 0 Å². The van der Waals surface area contributed by atoms with E-state index in [0.717, 1.165) is 12.2 Å². The first kappa shape index (κ1) is 12.1. The summed E-state index contributed by atoms with van der Waals surface area (Å²) in [6, 6.07) is 10.2. The lowest BCUT2D eigenvalue weighted by atomic mass is 10.1. The maximum Gasteiger partial charge on any atom is 0.276 e. The smallest absolute Gasteiger partial charge is 0.276 e. The Morgan fingerprint density at radius 3 is 2.76 bits per heavy atom. The Kier molecular flexibility index (Phi) is 4.17. The quantitative estimate of drug-likeness (QED) is 0.820. The minimum absolute atomic E-state index is 0.0103. The van der Waals surface area contributed by atoms with E-state index in [0.29, 0.717) is 11.1 Å². The van der Waals surface area contributed by atoms with E-state index in [9.17, 15) is 0 Å². The van der Waals surface area contributed by atoms with E-state index in [1.54, 1.807) is 11.8 Å². The number of aromatic nitrogens is 2. The second kappa shape index (κ2) is 5.84. The van der Waals surface area contributed by atoms with Crippen LogP contribution in [-0.4, -0.2) is 16.0 Å². The summed E-state index contributed by atoms with van der Waals surface area (Å²) < 4.78 is 5.54. The van der Waals surface area contributed by atoms with Gasteiger partial charge < -0.3 is 10.2 Å². The summed E-state index contributed by atoms with van der Waals surface area (Å²) in [7, 11) is 0. The van der Waals surface area contributed by atoms with Gasteiger partial charge in [-0.25, -0.2) is 0 Å².